The molecule has 0 aromatic heterocycles. The van der Waals surface area contributed by atoms with E-state index in [2.05, 4.69) is 6.92 Å². The van der Waals surface area contributed by atoms with E-state index in [0.29, 0.717) is 5.92 Å². The van der Waals surface area contributed by atoms with Crippen molar-refractivity contribution in [2.75, 3.05) is 0 Å². The van der Waals surface area contributed by atoms with Gasteiger partial charge in [-0.3, -0.25) is 4.79 Å². The molecule has 2 heteroatoms. The van der Waals surface area contributed by atoms with Crippen molar-refractivity contribution in [3.63, 3.8) is 0 Å². The Labute approximate surface area is 73.3 Å². The summed E-state index contributed by atoms with van der Waals surface area (Å²) in [5, 5.41) is 0. The lowest BCUT2D eigenvalue weighted by Gasteiger charge is -2.37. The van der Waals surface area contributed by atoms with Gasteiger partial charge in [-0.15, -0.1) is 0 Å². The third-order valence-electron chi connectivity index (χ3n) is 3.28. The molecule has 68 valence electrons. The Kier molecular flexibility index (Phi) is 2.36. The molecule has 0 bridgehead atoms. The third-order valence-corrected chi connectivity index (χ3v) is 3.28. The first-order valence-electron chi connectivity index (χ1n) is 4.49. The van der Waals surface area contributed by atoms with E-state index < -0.39 is 0 Å². The maximum Gasteiger partial charge on any atom is 0.148 e. The highest BCUT2D eigenvalue weighted by Crippen LogP contribution is 2.39. The molecule has 0 saturated heterocycles. The van der Waals surface area contributed by atoms with Crippen molar-refractivity contribution >= 4 is 12.1 Å². The molecule has 0 aliphatic heterocycles. The predicted octanol–water partition coefficient (Wildman–Crippen LogP) is 1.83. The second kappa shape index (κ2) is 3.00. The molecule has 1 fully saturated rings. The second-order valence-corrected chi connectivity index (χ2v) is 4.31. The van der Waals surface area contributed by atoms with Crippen molar-refractivity contribution in [1.82, 2.24) is 0 Å². The first-order chi connectivity index (χ1) is 5.50. The lowest BCUT2D eigenvalue weighted by atomic mass is 9.65. The highest BCUT2D eigenvalue weighted by Gasteiger charge is 2.41. The summed E-state index contributed by atoms with van der Waals surface area (Å²) < 4.78 is 0. The minimum absolute atomic E-state index is 0.122. The van der Waals surface area contributed by atoms with Crippen molar-refractivity contribution in [1.29, 1.82) is 0 Å². The van der Waals surface area contributed by atoms with Crippen molar-refractivity contribution < 1.29 is 9.59 Å². The Morgan fingerprint density at radius 2 is 2.00 bits per heavy atom. The highest BCUT2D eigenvalue weighted by atomic mass is 16.1. The zero-order valence-corrected chi connectivity index (χ0v) is 7.96. The summed E-state index contributed by atoms with van der Waals surface area (Å²) in [4.78, 5) is 22.2. The molecule has 0 heterocycles. The van der Waals surface area contributed by atoms with Gasteiger partial charge >= 0.3 is 0 Å². The highest BCUT2D eigenvalue weighted by molar-refractivity contribution is 5.97. The molecule has 0 spiro atoms. The topological polar surface area (TPSA) is 34.1 Å². The predicted molar refractivity (Wildman–Crippen MR) is 46.7 cm³/mol. The average molecular weight is 168 g/mol. The zero-order valence-electron chi connectivity index (χ0n) is 7.96. The van der Waals surface area contributed by atoms with E-state index in [9.17, 15) is 9.59 Å². The monoisotopic (exact) mass is 168 g/mol. The van der Waals surface area contributed by atoms with Crippen LogP contribution in [0.5, 0.6) is 0 Å². The number of carbonyl (C=O) groups excluding carboxylic acids is 2. The Morgan fingerprint density at radius 1 is 1.42 bits per heavy atom. The molecule has 0 aromatic rings. The Balaban J connectivity index is 2.85. The standard InChI is InChI=1S/C10H16O2/c1-7-4-5-8(6-11)9(12)10(7,2)3/h6-8H,4-5H2,1-3H3. The third kappa shape index (κ3) is 1.30. The molecule has 1 rings (SSSR count). The maximum atomic E-state index is 11.7. The Morgan fingerprint density at radius 3 is 2.50 bits per heavy atom. The minimum atomic E-state index is -0.337. The van der Waals surface area contributed by atoms with Crippen LogP contribution >= 0.6 is 0 Å². The van der Waals surface area contributed by atoms with Gasteiger partial charge in [-0.25, -0.2) is 0 Å². The van der Waals surface area contributed by atoms with Gasteiger partial charge in [0.2, 0.25) is 0 Å². The fraction of sp³-hybridized carbons (Fsp3) is 0.800. The van der Waals surface area contributed by atoms with Crippen LogP contribution in [0, 0.1) is 17.3 Å². The minimum Gasteiger partial charge on any atom is -0.303 e. The summed E-state index contributed by atoms with van der Waals surface area (Å²) in [6.07, 6.45) is 2.53. The summed E-state index contributed by atoms with van der Waals surface area (Å²) in [6, 6.07) is 0. The van der Waals surface area contributed by atoms with Crippen LogP contribution in [0.1, 0.15) is 33.6 Å². The summed E-state index contributed by atoms with van der Waals surface area (Å²) in [5.74, 6) is 0.189. The van der Waals surface area contributed by atoms with E-state index in [1.54, 1.807) is 0 Å². The van der Waals surface area contributed by atoms with E-state index in [4.69, 9.17) is 0 Å². The molecule has 0 amide bonds. The van der Waals surface area contributed by atoms with Gasteiger partial charge in [-0.05, 0) is 18.8 Å². The van der Waals surface area contributed by atoms with Crippen LogP contribution in [-0.2, 0) is 9.59 Å². The van der Waals surface area contributed by atoms with Crippen LogP contribution in [0.2, 0.25) is 0 Å². The van der Waals surface area contributed by atoms with Gasteiger partial charge in [-0.1, -0.05) is 20.8 Å². The molecule has 0 aromatic carbocycles. The van der Waals surface area contributed by atoms with E-state index in [0.717, 1.165) is 19.1 Å². The summed E-state index contributed by atoms with van der Waals surface area (Å²) in [5.41, 5.74) is -0.302. The second-order valence-electron chi connectivity index (χ2n) is 4.31. The number of hydrogen-bond donors (Lipinski definition) is 0. The number of carbonyl (C=O) groups is 2. The van der Waals surface area contributed by atoms with Crippen molar-refractivity contribution in [2.24, 2.45) is 17.3 Å². The number of aldehydes is 1. The summed E-state index contributed by atoms with van der Waals surface area (Å²) >= 11 is 0. The maximum absolute atomic E-state index is 11.7. The Hall–Kier alpha value is -0.660. The van der Waals surface area contributed by atoms with Crippen LogP contribution in [0.3, 0.4) is 0 Å². The molecule has 2 atom stereocenters. The number of hydrogen-bond acceptors (Lipinski definition) is 2. The molecule has 1 saturated carbocycles. The van der Waals surface area contributed by atoms with E-state index >= 15 is 0 Å². The smallest absolute Gasteiger partial charge is 0.148 e. The first-order valence-corrected chi connectivity index (χ1v) is 4.49. The van der Waals surface area contributed by atoms with Gasteiger partial charge < -0.3 is 4.79 Å². The van der Waals surface area contributed by atoms with Crippen molar-refractivity contribution in [3.8, 4) is 0 Å². The van der Waals surface area contributed by atoms with Crippen LogP contribution < -0.4 is 0 Å². The lowest BCUT2D eigenvalue weighted by molar-refractivity contribution is -0.140. The molecule has 2 unspecified atom stereocenters. The molecular formula is C10H16O2. The first kappa shape index (κ1) is 9.43. The van der Waals surface area contributed by atoms with Gasteiger partial charge in [0.1, 0.15) is 12.1 Å². The largest absolute Gasteiger partial charge is 0.303 e. The average Bonchev–Trinajstić information content (AvgIpc) is 2.02. The van der Waals surface area contributed by atoms with Crippen LogP contribution in [0.4, 0.5) is 0 Å². The van der Waals surface area contributed by atoms with Gasteiger partial charge in [0.05, 0.1) is 5.92 Å². The number of rotatable bonds is 1. The summed E-state index contributed by atoms with van der Waals surface area (Å²) in [6.45, 7) is 5.96. The molecular weight excluding hydrogens is 152 g/mol. The van der Waals surface area contributed by atoms with Gasteiger partial charge in [-0.2, -0.15) is 0 Å². The lowest BCUT2D eigenvalue weighted by Crippen LogP contribution is -2.41. The van der Waals surface area contributed by atoms with Crippen molar-refractivity contribution in [2.45, 2.75) is 33.6 Å². The van der Waals surface area contributed by atoms with E-state index in [-0.39, 0.29) is 17.1 Å². The van der Waals surface area contributed by atoms with Gasteiger partial charge in [0.15, 0.2) is 0 Å². The number of Topliss-reactive ketones (excluding diaryl/α,β-unsaturated/α-hetero) is 1. The zero-order chi connectivity index (χ0) is 9.35. The van der Waals surface area contributed by atoms with Crippen molar-refractivity contribution in [3.05, 3.63) is 0 Å². The van der Waals surface area contributed by atoms with Crippen LogP contribution in [-0.4, -0.2) is 12.1 Å². The van der Waals surface area contributed by atoms with Crippen LogP contribution in [0.25, 0.3) is 0 Å². The Bertz CT molecular complexity index is 206. The number of ketones is 1. The fourth-order valence-corrected chi connectivity index (χ4v) is 1.77. The molecule has 0 N–H and O–H groups in total. The van der Waals surface area contributed by atoms with E-state index in [1.165, 1.54) is 0 Å². The summed E-state index contributed by atoms with van der Waals surface area (Å²) in [7, 11) is 0. The molecule has 1 aliphatic carbocycles. The van der Waals surface area contributed by atoms with Gasteiger partial charge in [0.25, 0.3) is 0 Å². The van der Waals surface area contributed by atoms with E-state index in [1.807, 2.05) is 13.8 Å². The normalized spacial score (nSPS) is 34.8. The van der Waals surface area contributed by atoms with Gasteiger partial charge in [0, 0.05) is 5.41 Å². The molecule has 2 nitrogen and oxygen atoms in total. The molecule has 12 heavy (non-hydrogen) atoms. The fourth-order valence-electron chi connectivity index (χ4n) is 1.77. The molecule has 0 radical (unpaired) electrons. The molecule has 1 aliphatic rings. The van der Waals surface area contributed by atoms with Crippen LogP contribution in [0.15, 0.2) is 0 Å². The SMILES string of the molecule is CC1CCC(C=O)C(=O)C1(C)C. The quantitative estimate of drug-likeness (QED) is 0.442.